The highest BCUT2D eigenvalue weighted by Crippen LogP contribution is 2.53. The number of anilines is 2. The van der Waals surface area contributed by atoms with Crippen LogP contribution in [0.2, 0.25) is 5.02 Å². The van der Waals surface area contributed by atoms with E-state index in [4.69, 9.17) is 38.0 Å². The predicted octanol–water partition coefficient (Wildman–Crippen LogP) is 4.27. The van der Waals surface area contributed by atoms with Gasteiger partial charge in [0.1, 0.15) is 23.3 Å². The number of hydrogen-bond acceptors (Lipinski definition) is 11. The maximum absolute atomic E-state index is 6.84. The lowest BCUT2D eigenvalue weighted by Gasteiger charge is -2.43. The Morgan fingerprint density at radius 2 is 2.03 bits per heavy atom. The molecule has 0 aromatic carbocycles. The average Bonchev–Trinajstić information content (AvgIpc) is 3.42. The number of halogens is 1. The minimum Gasteiger partial charge on any atom is -0.382 e. The van der Waals surface area contributed by atoms with Crippen molar-refractivity contribution in [3.8, 4) is 0 Å². The molecule has 38 heavy (non-hydrogen) atoms. The molecule has 1 spiro atoms. The van der Waals surface area contributed by atoms with Crippen LogP contribution in [0.15, 0.2) is 61.9 Å². The molecule has 198 valence electrons. The third-order valence-corrected chi connectivity index (χ3v) is 10.6. The number of nitrogens with zero attached hydrogens (tertiary/aromatic N) is 7. The fraction of sp³-hybridized carbons (Fsp3) is 0.385. The van der Waals surface area contributed by atoms with E-state index in [0.717, 1.165) is 64.8 Å². The first-order chi connectivity index (χ1) is 18.3. The van der Waals surface area contributed by atoms with E-state index in [0.29, 0.717) is 10.8 Å². The highest BCUT2D eigenvalue weighted by molar-refractivity contribution is 8.03. The van der Waals surface area contributed by atoms with Crippen molar-refractivity contribution in [1.29, 1.82) is 0 Å². The van der Waals surface area contributed by atoms with Gasteiger partial charge < -0.3 is 26.2 Å². The van der Waals surface area contributed by atoms with Gasteiger partial charge in [-0.2, -0.15) is 0 Å². The maximum Gasteiger partial charge on any atom is 0.185 e. The van der Waals surface area contributed by atoms with Crippen molar-refractivity contribution in [3.63, 3.8) is 0 Å². The number of aliphatic imine (C=N–C) groups is 2. The highest BCUT2D eigenvalue weighted by Gasteiger charge is 2.48. The summed E-state index contributed by atoms with van der Waals surface area (Å²) in [6, 6.07) is 1.90. The lowest BCUT2D eigenvalue weighted by molar-refractivity contribution is 0.109. The number of likely N-dealkylation sites (tertiary alicyclic amines) is 1. The maximum atomic E-state index is 6.84. The van der Waals surface area contributed by atoms with Crippen molar-refractivity contribution in [3.05, 3.63) is 62.6 Å². The summed E-state index contributed by atoms with van der Waals surface area (Å²) in [5.41, 5.74) is 14.0. The van der Waals surface area contributed by atoms with Gasteiger partial charge in [-0.05, 0) is 49.0 Å². The van der Waals surface area contributed by atoms with Gasteiger partial charge in [-0.25, -0.2) is 20.0 Å². The van der Waals surface area contributed by atoms with Gasteiger partial charge >= 0.3 is 0 Å². The molecule has 2 bridgehead atoms. The van der Waals surface area contributed by atoms with Crippen LogP contribution < -0.4 is 16.4 Å². The molecule has 0 saturated carbocycles. The van der Waals surface area contributed by atoms with Gasteiger partial charge in [0.2, 0.25) is 0 Å². The molecule has 1 aliphatic carbocycles. The topological polar surface area (TPSA) is 112 Å². The summed E-state index contributed by atoms with van der Waals surface area (Å²) in [5, 5.41) is 1.49. The van der Waals surface area contributed by atoms with Crippen molar-refractivity contribution in [2.24, 2.45) is 21.1 Å². The van der Waals surface area contributed by atoms with E-state index >= 15 is 0 Å². The number of thiazole rings is 1. The fourth-order valence-corrected chi connectivity index (χ4v) is 7.75. The molecule has 1 saturated heterocycles. The summed E-state index contributed by atoms with van der Waals surface area (Å²) in [6.07, 6.45) is 12.5. The van der Waals surface area contributed by atoms with Crippen LogP contribution in [0.4, 0.5) is 10.9 Å². The van der Waals surface area contributed by atoms with Gasteiger partial charge in [-0.15, -0.1) is 0 Å². The first kappa shape index (κ1) is 25.4. The highest BCUT2D eigenvalue weighted by atomic mass is 35.5. The molecule has 1 unspecified atom stereocenters. The molecular formula is C26H30ClN9S2. The minimum absolute atomic E-state index is 0.0466. The number of fused-ring (bicyclic) bond motifs is 3. The fourth-order valence-electron chi connectivity index (χ4n) is 5.40. The molecule has 4 N–H and O–H groups in total. The third-order valence-electron chi connectivity index (χ3n) is 7.66. The molecular weight excluding hydrogens is 538 g/mol. The second-order valence-corrected chi connectivity index (χ2v) is 12.6. The van der Waals surface area contributed by atoms with Gasteiger partial charge in [0.05, 0.1) is 15.6 Å². The number of likely N-dealkylation sites (N-methyl/N-ethyl adjacent to an activating group) is 1. The van der Waals surface area contributed by atoms with Crippen LogP contribution in [0.1, 0.15) is 29.5 Å². The number of pyridine rings is 1. The second-order valence-electron chi connectivity index (χ2n) is 10.2. The van der Waals surface area contributed by atoms with E-state index in [1.165, 1.54) is 22.3 Å². The van der Waals surface area contributed by atoms with E-state index in [1.807, 2.05) is 56.6 Å². The second kappa shape index (κ2) is 9.71. The van der Waals surface area contributed by atoms with Crippen LogP contribution in [0.3, 0.4) is 0 Å². The zero-order valence-electron chi connectivity index (χ0n) is 21.6. The number of nitrogen functional groups attached to an aromatic ring is 1. The quantitative estimate of drug-likeness (QED) is 0.563. The third kappa shape index (κ3) is 4.31. The Hall–Kier alpha value is -2.86. The Morgan fingerprint density at radius 1 is 1.24 bits per heavy atom. The van der Waals surface area contributed by atoms with Gasteiger partial charge in [-0.1, -0.05) is 34.7 Å². The van der Waals surface area contributed by atoms with Crippen LogP contribution in [0.25, 0.3) is 0 Å². The largest absolute Gasteiger partial charge is 0.382 e. The van der Waals surface area contributed by atoms with Crippen molar-refractivity contribution < 1.29 is 0 Å². The van der Waals surface area contributed by atoms with Crippen molar-refractivity contribution in [2.45, 2.75) is 30.2 Å². The van der Waals surface area contributed by atoms with Gasteiger partial charge in [0.25, 0.3) is 0 Å². The first-order valence-corrected chi connectivity index (χ1v) is 14.5. The molecule has 4 aliphatic rings. The van der Waals surface area contributed by atoms with Gasteiger partial charge in [-0.3, -0.25) is 0 Å². The molecule has 2 aromatic rings. The summed E-state index contributed by atoms with van der Waals surface area (Å²) in [5.74, 6) is 2.89. The standard InChI is InChI=1S/C26H30ClN9S2/c1-34(2)25-32-15-14-26(22(28)21(15)38-25)8-12-36(13-9-26)19-7-11-31-24-17(4-5-18(33-19)35(24)3)37-16-6-10-30-23(29)20(16)27/h4-7,10-11,22H,8-9,12-14,28H2,1-3H3,(H2,29,30). The number of amidine groups is 1. The molecule has 1 atom stereocenters. The number of nitrogens with two attached hydrogens (primary N) is 2. The Bertz CT molecular complexity index is 1430. The number of aromatic nitrogens is 2. The van der Waals surface area contributed by atoms with Crippen LogP contribution in [-0.2, 0) is 6.42 Å². The van der Waals surface area contributed by atoms with Gasteiger partial charge in [0, 0.05) is 62.5 Å². The monoisotopic (exact) mass is 567 g/mol. The molecule has 0 radical (unpaired) electrons. The van der Waals surface area contributed by atoms with Crippen LogP contribution in [0.5, 0.6) is 0 Å². The molecule has 0 amide bonds. The summed E-state index contributed by atoms with van der Waals surface area (Å²) < 4.78 is 0. The number of hydrogen-bond donors (Lipinski definition) is 2. The van der Waals surface area contributed by atoms with Crippen molar-refractivity contribution in [1.82, 2.24) is 19.8 Å². The van der Waals surface area contributed by atoms with Crippen molar-refractivity contribution in [2.75, 3.05) is 44.9 Å². The SMILES string of the molecule is CN1C2=NC(N3CCC4(CC3)Cc3nc(N(C)C)sc3C4N)=CC=NC1=C(Sc1ccnc(N)c1Cl)C=C2. The Kier molecular flexibility index (Phi) is 6.50. The number of allylic oxidation sites excluding steroid dienone is 2. The van der Waals surface area contributed by atoms with Crippen LogP contribution in [-0.4, -0.2) is 66.1 Å². The van der Waals surface area contributed by atoms with E-state index in [1.54, 1.807) is 17.5 Å². The molecule has 1 fully saturated rings. The number of rotatable bonds is 4. The Morgan fingerprint density at radius 3 is 2.76 bits per heavy atom. The molecule has 9 nitrogen and oxygen atoms in total. The smallest absolute Gasteiger partial charge is 0.185 e. The lowest BCUT2D eigenvalue weighted by Crippen LogP contribution is -2.44. The molecule has 5 heterocycles. The van der Waals surface area contributed by atoms with E-state index < -0.39 is 0 Å². The summed E-state index contributed by atoms with van der Waals surface area (Å²) in [4.78, 5) is 28.2. The average molecular weight is 568 g/mol. The van der Waals surface area contributed by atoms with Crippen LogP contribution in [0, 0.1) is 5.41 Å². The number of piperidine rings is 1. The van der Waals surface area contributed by atoms with E-state index in [-0.39, 0.29) is 11.5 Å². The molecule has 3 aliphatic heterocycles. The Balaban J connectivity index is 1.19. The minimum atomic E-state index is 0.0466. The summed E-state index contributed by atoms with van der Waals surface area (Å²) >= 11 is 9.63. The van der Waals surface area contributed by atoms with Gasteiger partial charge in [0.15, 0.2) is 5.13 Å². The molecule has 12 heteroatoms. The first-order valence-electron chi connectivity index (χ1n) is 12.5. The Labute approximate surface area is 235 Å². The molecule has 6 rings (SSSR count). The van der Waals surface area contributed by atoms with E-state index in [2.05, 4.69) is 14.8 Å². The summed E-state index contributed by atoms with van der Waals surface area (Å²) in [7, 11) is 6.05. The molecule has 2 aromatic heterocycles. The lowest BCUT2D eigenvalue weighted by atomic mass is 9.74. The van der Waals surface area contributed by atoms with E-state index in [9.17, 15) is 0 Å². The number of thioether (sulfide) groups is 1. The summed E-state index contributed by atoms with van der Waals surface area (Å²) in [6.45, 7) is 1.80. The van der Waals surface area contributed by atoms with Crippen molar-refractivity contribution >= 4 is 57.7 Å². The predicted molar refractivity (Wildman–Crippen MR) is 158 cm³/mol. The normalized spacial score (nSPS) is 21.9. The zero-order chi connectivity index (χ0) is 26.6. The van der Waals surface area contributed by atoms with Crippen LogP contribution >= 0.6 is 34.7 Å². The zero-order valence-corrected chi connectivity index (χ0v) is 23.9.